The van der Waals surface area contributed by atoms with Crippen LogP contribution in [0.25, 0.3) is 11.0 Å². The molecule has 0 saturated carbocycles. The van der Waals surface area contributed by atoms with Crippen molar-refractivity contribution in [3.8, 4) is 0 Å². The first-order chi connectivity index (χ1) is 10.4. The van der Waals surface area contributed by atoms with Gasteiger partial charge in [-0.15, -0.1) is 0 Å². The molecule has 0 radical (unpaired) electrons. The standard InChI is InChI=1S/C14H17ClN4O2S/c15-12-7-11-1-2-13(18-14(11)17-8-12)19-5-3-10(4-6-19)9-22(16,20)21/h1-2,7-8,10H,3-6,9H2,(H2,16,20,21). The van der Waals surface area contributed by atoms with Gasteiger partial charge in [0, 0.05) is 24.7 Å². The zero-order valence-corrected chi connectivity index (χ0v) is 13.5. The lowest BCUT2D eigenvalue weighted by molar-refractivity contribution is 0.434. The lowest BCUT2D eigenvalue weighted by Gasteiger charge is -2.32. The van der Waals surface area contributed by atoms with Crippen LogP contribution in [0.1, 0.15) is 12.8 Å². The highest BCUT2D eigenvalue weighted by atomic mass is 35.5. The van der Waals surface area contributed by atoms with Crippen LogP contribution in [0.4, 0.5) is 5.82 Å². The molecular weight excluding hydrogens is 324 g/mol. The molecule has 1 saturated heterocycles. The Morgan fingerprint density at radius 3 is 2.73 bits per heavy atom. The molecule has 0 amide bonds. The summed E-state index contributed by atoms with van der Waals surface area (Å²) in [5.74, 6) is 1.05. The predicted molar refractivity (Wildman–Crippen MR) is 87.5 cm³/mol. The molecule has 0 unspecified atom stereocenters. The fourth-order valence-corrected chi connectivity index (χ4v) is 3.96. The highest BCUT2D eigenvalue weighted by Gasteiger charge is 2.23. The number of nitrogens with two attached hydrogens (primary N) is 1. The number of aromatic nitrogens is 2. The molecule has 22 heavy (non-hydrogen) atoms. The van der Waals surface area contributed by atoms with Crippen molar-refractivity contribution in [2.24, 2.45) is 11.1 Å². The number of fused-ring (bicyclic) bond motifs is 1. The van der Waals surface area contributed by atoms with E-state index in [-0.39, 0.29) is 11.7 Å². The Labute approximate surface area is 134 Å². The Kier molecular flexibility index (Phi) is 4.20. The van der Waals surface area contributed by atoms with Crippen molar-refractivity contribution in [2.45, 2.75) is 12.8 Å². The third kappa shape index (κ3) is 3.66. The van der Waals surface area contributed by atoms with Crippen molar-refractivity contribution in [3.05, 3.63) is 29.4 Å². The van der Waals surface area contributed by atoms with Crippen molar-refractivity contribution in [1.29, 1.82) is 0 Å². The first-order valence-corrected chi connectivity index (χ1v) is 9.18. The van der Waals surface area contributed by atoms with Gasteiger partial charge in [-0.05, 0) is 37.0 Å². The van der Waals surface area contributed by atoms with E-state index in [1.807, 2.05) is 18.2 Å². The average Bonchev–Trinajstić information content (AvgIpc) is 2.46. The molecule has 0 aromatic carbocycles. The van der Waals surface area contributed by atoms with Crippen LogP contribution in [0.15, 0.2) is 24.4 Å². The number of sulfonamides is 1. The van der Waals surface area contributed by atoms with E-state index in [1.54, 1.807) is 6.20 Å². The molecule has 8 heteroatoms. The van der Waals surface area contributed by atoms with E-state index in [0.717, 1.165) is 37.1 Å². The van der Waals surface area contributed by atoms with E-state index in [0.29, 0.717) is 10.7 Å². The maximum Gasteiger partial charge on any atom is 0.209 e. The van der Waals surface area contributed by atoms with E-state index in [2.05, 4.69) is 14.9 Å². The van der Waals surface area contributed by atoms with Crippen molar-refractivity contribution in [2.75, 3.05) is 23.7 Å². The summed E-state index contributed by atoms with van der Waals surface area (Å²) in [7, 11) is -3.40. The molecule has 118 valence electrons. The minimum atomic E-state index is -3.40. The van der Waals surface area contributed by atoms with Crippen molar-refractivity contribution in [3.63, 3.8) is 0 Å². The summed E-state index contributed by atoms with van der Waals surface area (Å²) in [6.07, 6.45) is 3.17. The highest BCUT2D eigenvalue weighted by molar-refractivity contribution is 7.89. The Hall–Kier alpha value is -1.44. The molecule has 6 nitrogen and oxygen atoms in total. The second kappa shape index (κ2) is 5.98. The number of hydrogen-bond donors (Lipinski definition) is 1. The summed E-state index contributed by atoms with van der Waals surface area (Å²) in [5.41, 5.74) is 0.661. The van der Waals surface area contributed by atoms with Gasteiger partial charge in [-0.2, -0.15) is 0 Å². The van der Waals surface area contributed by atoms with E-state index >= 15 is 0 Å². The largest absolute Gasteiger partial charge is 0.357 e. The summed E-state index contributed by atoms with van der Waals surface area (Å²) < 4.78 is 22.3. The molecule has 0 aliphatic carbocycles. The number of hydrogen-bond acceptors (Lipinski definition) is 5. The molecule has 0 spiro atoms. The highest BCUT2D eigenvalue weighted by Crippen LogP contribution is 2.24. The SMILES string of the molecule is NS(=O)(=O)CC1CCN(c2ccc3cc(Cl)cnc3n2)CC1. The number of nitrogens with zero attached hydrogens (tertiary/aromatic N) is 3. The number of halogens is 1. The summed E-state index contributed by atoms with van der Waals surface area (Å²) in [6, 6.07) is 5.73. The van der Waals surface area contributed by atoms with Crippen LogP contribution in [0.2, 0.25) is 5.02 Å². The first kappa shape index (κ1) is 15.5. The van der Waals surface area contributed by atoms with Crippen LogP contribution in [-0.2, 0) is 10.0 Å². The molecule has 2 aromatic rings. The van der Waals surface area contributed by atoms with Gasteiger partial charge in [0.15, 0.2) is 5.65 Å². The van der Waals surface area contributed by atoms with Gasteiger partial charge in [-0.25, -0.2) is 23.5 Å². The lowest BCUT2D eigenvalue weighted by Crippen LogP contribution is -2.37. The van der Waals surface area contributed by atoms with E-state index in [4.69, 9.17) is 16.7 Å². The van der Waals surface area contributed by atoms with Crippen molar-refractivity contribution >= 4 is 38.5 Å². The minimum absolute atomic E-state index is 0.0616. The maximum atomic E-state index is 11.2. The zero-order chi connectivity index (χ0) is 15.7. The van der Waals surface area contributed by atoms with Gasteiger partial charge in [0.2, 0.25) is 10.0 Å². The third-order valence-corrected chi connectivity index (χ3v) is 5.04. The quantitative estimate of drug-likeness (QED) is 0.920. The molecule has 1 aliphatic rings. The van der Waals surface area contributed by atoms with Crippen LogP contribution in [-0.4, -0.2) is 37.2 Å². The summed E-state index contributed by atoms with van der Waals surface area (Å²) in [4.78, 5) is 10.9. The van der Waals surface area contributed by atoms with E-state index in [9.17, 15) is 8.42 Å². The first-order valence-electron chi connectivity index (χ1n) is 7.08. The van der Waals surface area contributed by atoms with Crippen molar-refractivity contribution in [1.82, 2.24) is 9.97 Å². The number of pyridine rings is 2. The molecule has 1 fully saturated rings. The molecule has 1 aliphatic heterocycles. The zero-order valence-electron chi connectivity index (χ0n) is 11.9. The van der Waals surface area contributed by atoms with Gasteiger partial charge in [0.25, 0.3) is 0 Å². The molecule has 0 atom stereocenters. The number of rotatable bonds is 3. The van der Waals surface area contributed by atoms with Crippen LogP contribution >= 0.6 is 11.6 Å². The maximum absolute atomic E-state index is 11.2. The Balaban J connectivity index is 1.72. The Morgan fingerprint density at radius 1 is 1.32 bits per heavy atom. The van der Waals surface area contributed by atoms with Crippen molar-refractivity contribution < 1.29 is 8.42 Å². The summed E-state index contributed by atoms with van der Waals surface area (Å²) in [6.45, 7) is 1.54. The number of anilines is 1. The topological polar surface area (TPSA) is 89.2 Å². The fraction of sp³-hybridized carbons (Fsp3) is 0.429. The van der Waals surface area contributed by atoms with Crippen LogP contribution < -0.4 is 10.0 Å². The minimum Gasteiger partial charge on any atom is -0.357 e. The molecule has 2 N–H and O–H groups in total. The van der Waals surface area contributed by atoms with E-state index < -0.39 is 10.0 Å². The number of piperidine rings is 1. The second-order valence-corrected chi connectivity index (χ2v) is 7.73. The smallest absolute Gasteiger partial charge is 0.209 e. The van der Waals surface area contributed by atoms with Crippen LogP contribution in [0.5, 0.6) is 0 Å². The van der Waals surface area contributed by atoms with Gasteiger partial charge < -0.3 is 4.90 Å². The normalized spacial score (nSPS) is 17.1. The fourth-order valence-electron chi connectivity index (χ4n) is 2.81. The monoisotopic (exact) mass is 340 g/mol. The molecule has 3 rings (SSSR count). The van der Waals surface area contributed by atoms with Gasteiger partial charge in [0.05, 0.1) is 10.8 Å². The Bertz CT molecular complexity index is 789. The predicted octanol–water partition coefficient (Wildman–Crippen LogP) is 1.79. The van der Waals surface area contributed by atoms with Gasteiger partial charge in [0.1, 0.15) is 5.82 Å². The van der Waals surface area contributed by atoms with Gasteiger partial charge in [-0.3, -0.25) is 0 Å². The van der Waals surface area contributed by atoms with E-state index in [1.165, 1.54) is 0 Å². The van der Waals surface area contributed by atoms with Crippen LogP contribution in [0, 0.1) is 5.92 Å². The molecular formula is C14H17ClN4O2S. The summed E-state index contributed by atoms with van der Waals surface area (Å²) in [5, 5.41) is 6.61. The molecule has 3 heterocycles. The Morgan fingerprint density at radius 2 is 2.05 bits per heavy atom. The number of primary sulfonamides is 1. The average molecular weight is 341 g/mol. The lowest BCUT2D eigenvalue weighted by atomic mass is 9.99. The molecule has 2 aromatic heterocycles. The summed E-state index contributed by atoms with van der Waals surface area (Å²) >= 11 is 5.92. The van der Waals surface area contributed by atoms with Gasteiger partial charge >= 0.3 is 0 Å². The third-order valence-electron chi connectivity index (χ3n) is 3.90. The second-order valence-electron chi connectivity index (χ2n) is 5.63. The molecule has 0 bridgehead atoms. The van der Waals surface area contributed by atoms with Gasteiger partial charge in [-0.1, -0.05) is 11.6 Å². The van der Waals surface area contributed by atoms with Crippen LogP contribution in [0.3, 0.4) is 0 Å².